The highest BCUT2D eigenvalue weighted by molar-refractivity contribution is 9.10. The van der Waals surface area contributed by atoms with E-state index in [1.54, 1.807) is 18.2 Å². The minimum absolute atomic E-state index is 0.0760. The van der Waals surface area contributed by atoms with Crippen LogP contribution in [-0.4, -0.2) is 36.5 Å². The number of carbonyl (C=O) groups is 1. The average molecular weight is 374 g/mol. The molecule has 0 radical (unpaired) electrons. The summed E-state index contributed by atoms with van der Waals surface area (Å²) in [5, 5.41) is 4.00. The number of piperidine rings is 1. The summed E-state index contributed by atoms with van der Waals surface area (Å²) in [7, 11) is 0. The molecule has 21 heavy (non-hydrogen) atoms. The third-order valence-electron chi connectivity index (χ3n) is 3.96. The van der Waals surface area contributed by atoms with Gasteiger partial charge in [-0.05, 0) is 79.8 Å². The molecule has 3 nitrogen and oxygen atoms in total. The number of amides is 1. The summed E-state index contributed by atoms with van der Waals surface area (Å²) in [6.45, 7) is 7.07. The Morgan fingerprint density at radius 3 is 2.67 bits per heavy atom. The fourth-order valence-corrected chi connectivity index (χ4v) is 3.54. The second-order valence-electron chi connectivity index (χ2n) is 5.87. The van der Waals surface area contributed by atoms with Crippen molar-refractivity contribution in [3.8, 4) is 0 Å². The second kappa shape index (κ2) is 7.61. The highest BCUT2D eigenvalue weighted by Gasteiger charge is 2.25. The molecule has 1 aromatic rings. The summed E-state index contributed by atoms with van der Waals surface area (Å²) in [6, 6.07) is 5.53. The van der Waals surface area contributed by atoms with Gasteiger partial charge >= 0.3 is 0 Å². The maximum atomic E-state index is 12.8. The Kier molecular flexibility index (Phi) is 6.08. The van der Waals surface area contributed by atoms with Gasteiger partial charge in [-0.15, -0.1) is 0 Å². The number of hydrogen-bond acceptors (Lipinski definition) is 2. The van der Waals surface area contributed by atoms with E-state index in [1.165, 1.54) is 0 Å². The Bertz CT molecular complexity index is 501. The molecule has 0 atom stereocenters. The first-order chi connectivity index (χ1) is 9.99. The van der Waals surface area contributed by atoms with Crippen LogP contribution in [0, 0.1) is 5.92 Å². The van der Waals surface area contributed by atoms with Gasteiger partial charge < -0.3 is 10.2 Å². The fraction of sp³-hybridized carbons (Fsp3) is 0.562. The molecular formula is C16H22BrClN2O. The number of nitrogens with zero attached hydrogens (tertiary/aromatic N) is 1. The minimum Gasteiger partial charge on any atom is -0.336 e. The van der Waals surface area contributed by atoms with Crippen molar-refractivity contribution in [1.82, 2.24) is 10.2 Å². The van der Waals surface area contributed by atoms with Gasteiger partial charge in [0.25, 0.3) is 5.91 Å². The molecule has 0 aliphatic carbocycles. The predicted octanol–water partition coefficient (Wildman–Crippen LogP) is 3.95. The van der Waals surface area contributed by atoms with Crippen LogP contribution in [0.2, 0.25) is 5.02 Å². The van der Waals surface area contributed by atoms with Crippen molar-refractivity contribution in [2.45, 2.75) is 32.7 Å². The molecule has 1 aliphatic heterocycles. The highest BCUT2D eigenvalue weighted by Crippen LogP contribution is 2.25. The Morgan fingerprint density at radius 2 is 2.10 bits per heavy atom. The Hall–Kier alpha value is -0.580. The molecule has 1 amide bonds. The van der Waals surface area contributed by atoms with Crippen molar-refractivity contribution in [1.29, 1.82) is 0 Å². The molecule has 0 unspecified atom stereocenters. The minimum atomic E-state index is 0.0760. The number of nitrogens with one attached hydrogen (secondary N) is 1. The third kappa shape index (κ3) is 4.44. The molecule has 1 fully saturated rings. The van der Waals surface area contributed by atoms with Crippen molar-refractivity contribution >= 4 is 33.4 Å². The molecule has 1 aromatic carbocycles. The number of benzene rings is 1. The van der Waals surface area contributed by atoms with Gasteiger partial charge in [0, 0.05) is 22.1 Å². The summed E-state index contributed by atoms with van der Waals surface area (Å²) < 4.78 is 0.760. The SMILES string of the molecule is CC(C)N(CC1CCNCC1)C(=O)c1ccc(Cl)cc1Br. The number of halogens is 2. The van der Waals surface area contributed by atoms with Gasteiger partial charge in [-0.1, -0.05) is 11.6 Å². The summed E-state index contributed by atoms with van der Waals surface area (Å²) in [5.74, 6) is 0.663. The van der Waals surface area contributed by atoms with Crippen molar-refractivity contribution in [3.63, 3.8) is 0 Å². The van der Waals surface area contributed by atoms with E-state index in [1.807, 2.05) is 4.90 Å². The lowest BCUT2D eigenvalue weighted by Gasteiger charge is -2.33. The van der Waals surface area contributed by atoms with Crippen LogP contribution in [-0.2, 0) is 0 Å². The first-order valence-electron chi connectivity index (χ1n) is 7.45. The van der Waals surface area contributed by atoms with Crippen LogP contribution in [0.25, 0.3) is 0 Å². The van der Waals surface area contributed by atoms with Gasteiger partial charge in [-0.25, -0.2) is 0 Å². The zero-order valence-electron chi connectivity index (χ0n) is 12.5. The molecule has 1 heterocycles. The molecule has 2 rings (SSSR count). The second-order valence-corrected chi connectivity index (χ2v) is 7.16. The quantitative estimate of drug-likeness (QED) is 0.866. The predicted molar refractivity (Wildman–Crippen MR) is 90.9 cm³/mol. The average Bonchev–Trinajstić information content (AvgIpc) is 2.45. The fourth-order valence-electron chi connectivity index (χ4n) is 2.69. The molecule has 0 spiro atoms. The Balaban J connectivity index is 2.14. The molecule has 0 saturated carbocycles. The smallest absolute Gasteiger partial charge is 0.255 e. The molecule has 5 heteroatoms. The van der Waals surface area contributed by atoms with E-state index in [0.29, 0.717) is 16.5 Å². The van der Waals surface area contributed by atoms with Crippen molar-refractivity contribution < 1.29 is 4.79 Å². The van der Waals surface area contributed by atoms with E-state index in [0.717, 1.165) is 36.9 Å². The normalized spacial score (nSPS) is 16.2. The summed E-state index contributed by atoms with van der Waals surface area (Å²) >= 11 is 9.41. The molecule has 0 bridgehead atoms. The van der Waals surface area contributed by atoms with Gasteiger partial charge in [-0.3, -0.25) is 4.79 Å². The van der Waals surface area contributed by atoms with E-state index in [2.05, 4.69) is 35.1 Å². The molecule has 1 aliphatic rings. The summed E-state index contributed by atoms with van der Waals surface area (Å²) in [4.78, 5) is 14.8. The topological polar surface area (TPSA) is 32.3 Å². The van der Waals surface area contributed by atoms with Crippen LogP contribution < -0.4 is 5.32 Å². The standard InChI is InChI=1S/C16H22BrClN2O/c1-11(2)20(10-12-5-7-19-8-6-12)16(21)14-4-3-13(18)9-15(14)17/h3-4,9,11-12,19H,5-8,10H2,1-2H3. The highest BCUT2D eigenvalue weighted by atomic mass is 79.9. The first-order valence-corrected chi connectivity index (χ1v) is 8.63. The monoisotopic (exact) mass is 372 g/mol. The van der Waals surface area contributed by atoms with Gasteiger partial charge in [0.1, 0.15) is 0 Å². The lowest BCUT2D eigenvalue weighted by molar-refractivity contribution is 0.0657. The molecular weight excluding hydrogens is 352 g/mol. The van der Waals surface area contributed by atoms with E-state index in [9.17, 15) is 4.79 Å². The molecule has 116 valence electrons. The number of hydrogen-bond donors (Lipinski definition) is 1. The van der Waals surface area contributed by atoms with Gasteiger partial charge in [0.15, 0.2) is 0 Å². The van der Waals surface area contributed by atoms with Crippen LogP contribution in [0.3, 0.4) is 0 Å². The van der Waals surface area contributed by atoms with E-state index in [4.69, 9.17) is 11.6 Å². The maximum Gasteiger partial charge on any atom is 0.255 e. The van der Waals surface area contributed by atoms with Crippen LogP contribution >= 0.6 is 27.5 Å². The van der Waals surface area contributed by atoms with Crippen molar-refractivity contribution in [3.05, 3.63) is 33.3 Å². The third-order valence-corrected chi connectivity index (χ3v) is 4.85. The van der Waals surface area contributed by atoms with Gasteiger partial charge in [0.05, 0.1) is 5.56 Å². The van der Waals surface area contributed by atoms with E-state index in [-0.39, 0.29) is 11.9 Å². The Morgan fingerprint density at radius 1 is 1.43 bits per heavy atom. The van der Waals surface area contributed by atoms with Gasteiger partial charge in [0.2, 0.25) is 0 Å². The molecule has 1 N–H and O–H groups in total. The number of carbonyl (C=O) groups excluding carboxylic acids is 1. The molecule has 0 aromatic heterocycles. The lowest BCUT2D eigenvalue weighted by Crippen LogP contribution is -2.43. The number of rotatable bonds is 4. The van der Waals surface area contributed by atoms with E-state index < -0.39 is 0 Å². The Labute approximate surface area is 140 Å². The first kappa shape index (κ1) is 16.8. The van der Waals surface area contributed by atoms with Crippen LogP contribution in [0.5, 0.6) is 0 Å². The zero-order valence-corrected chi connectivity index (χ0v) is 14.9. The van der Waals surface area contributed by atoms with E-state index >= 15 is 0 Å². The lowest BCUT2D eigenvalue weighted by atomic mass is 9.96. The van der Waals surface area contributed by atoms with Crippen molar-refractivity contribution in [2.75, 3.05) is 19.6 Å². The summed E-state index contributed by atoms with van der Waals surface area (Å²) in [6.07, 6.45) is 2.27. The maximum absolute atomic E-state index is 12.8. The van der Waals surface area contributed by atoms with Crippen molar-refractivity contribution in [2.24, 2.45) is 5.92 Å². The van der Waals surface area contributed by atoms with Gasteiger partial charge in [-0.2, -0.15) is 0 Å². The largest absolute Gasteiger partial charge is 0.336 e. The zero-order chi connectivity index (χ0) is 15.4. The van der Waals surface area contributed by atoms with Crippen LogP contribution in [0.1, 0.15) is 37.0 Å². The van der Waals surface area contributed by atoms with Crippen LogP contribution in [0.15, 0.2) is 22.7 Å². The molecule has 1 saturated heterocycles. The summed E-state index contributed by atoms with van der Waals surface area (Å²) in [5.41, 5.74) is 0.682. The van der Waals surface area contributed by atoms with Crippen LogP contribution in [0.4, 0.5) is 0 Å².